The Balaban J connectivity index is 0.833. The number of carbonyl (C=O) groups excluding carboxylic acids is 4. The molecule has 0 spiro atoms. The lowest BCUT2D eigenvalue weighted by Crippen LogP contribution is -2.58. The van der Waals surface area contributed by atoms with Crippen molar-refractivity contribution in [3.05, 3.63) is 90.4 Å². The molecular formula is C50H63N11O7. The van der Waals surface area contributed by atoms with E-state index in [0.717, 1.165) is 35.6 Å². The largest absolute Gasteiger partial charge is 0.494 e. The summed E-state index contributed by atoms with van der Waals surface area (Å²) in [6, 6.07) is 19.1. The molecular weight excluding hydrogens is 867 g/mol. The molecule has 4 amide bonds. The monoisotopic (exact) mass is 929 g/mol. The number of carbonyl (C=O) groups is 4. The smallest absolute Gasteiger partial charge is 0.274 e. The quantitative estimate of drug-likeness (QED) is 0.103. The highest BCUT2D eigenvalue weighted by molar-refractivity contribution is 6.04. The summed E-state index contributed by atoms with van der Waals surface area (Å²) >= 11 is 0. The van der Waals surface area contributed by atoms with E-state index in [9.17, 15) is 19.2 Å². The van der Waals surface area contributed by atoms with Gasteiger partial charge in [-0.2, -0.15) is 10.2 Å². The maximum Gasteiger partial charge on any atom is 0.274 e. The van der Waals surface area contributed by atoms with E-state index in [2.05, 4.69) is 53.0 Å². The number of likely N-dealkylation sites (N-methyl/N-ethyl adjacent to an activating group) is 1. The molecule has 3 saturated heterocycles. The molecule has 5 aromatic rings. The van der Waals surface area contributed by atoms with Gasteiger partial charge in [-0.3, -0.25) is 33.9 Å². The van der Waals surface area contributed by atoms with Crippen molar-refractivity contribution in [2.45, 2.75) is 90.3 Å². The zero-order chi connectivity index (χ0) is 48.1. The molecule has 18 nitrogen and oxygen atoms in total. The highest BCUT2D eigenvalue weighted by Crippen LogP contribution is 2.35. The molecule has 3 fully saturated rings. The second kappa shape index (κ2) is 20.6. The molecule has 0 saturated carbocycles. The molecule has 2 aromatic carbocycles. The lowest BCUT2D eigenvalue weighted by atomic mass is 9.85. The molecule has 360 valence electrons. The Kier molecular flexibility index (Phi) is 14.5. The summed E-state index contributed by atoms with van der Waals surface area (Å²) in [5.41, 5.74) is 5.12. The topological polar surface area (TPSA) is 201 Å². The fraction of sp³-hybridized carbons (Fsp3) is 0.460. The number of aryl methyl sites for hydroxylation is 1. The molecule has 0 radical (unpaired) electrons. The molecule has 3 aliphatic rings. The predicted molar refractivity (Wildman–Crippen MR) is 257 cm³/mol. The van der Waals surface area contributed by atoms with E-state index >= 15 is 0 Å². The van der Waals surface area contributed by atoms with Gasteiger partial charge in [-0.1, -0.05) is 39.0 Å². The van der Waals surface area contributed by atoms with Crippen molar-refractivity contribution in [3.8, 4) is 34.1 Å². The lowest BCUT2D eigenvalue weighted by Gasteiger charge is -2.39. The van der Waals surface area contributed by atoms with Gasteiger partial charge >= 0.3 is 0 Å². The number of piperidine rings is 1. The van der Waals surface area contributed by atoms with Crippen molar-refractivity contribution < 1.29 is 33.4 Å². The van der Waals surface area contributed by atoms with Crippen LogP contribution in [0.15, 0.2) is 79.1 Å². The van der Waals surface area contributed by atoms with Crippen molar-refractivity contribution in [2.24, 2.45) is 12.5 Å². The number of H-pyrrole nitrogens is 1. The van der Waals surface area contributed by atoms with E-state index in [4.69, 9.17) is 14.2 Å². The molecule has 4 N–H and O–H groups in total. The number of hydrogen-bond acceptors (Lipinski definition) is 12. The van der Waals surface area contributed by atoms with E-state index in [1.54, 1.807) is 48.7 Å². The number of amides is 4. The van der Waals surface area contributed by atoms with Gasteiger partial charge in [0, 0.05) is 81.1 Å². The summed E-state index contributed by atoms with van der Waals surface area (Å²) in [5, 5.41) is 20.1. The molecule has 0 aliphatic carbocycles. The second-order valence-corrected chi connectivity index (χ2v) is 19.1. The number of nitrogens with zero attached hydrogens (tertiary/aromatic N) is 7. The minimum Gasteiger partial charge on any atom is -0.494 e. The molecule has 6 heterocycles. The van der Waals surface area contributed by atoms with Crippen LogP contribution in [0, 0.1) is 5.41 Å². The zero-order valence-electron chi connectivity index (χ0n) is 40.0. The first-order valence-corrected chi connectivity index (χ1v) is 23.3. The number of pyridine rings is 1. The van der Waals surface area contributed by atoms with Crippen LogP contribution >= 0.6 is 0 Å². The standard InChI is InChI=1S/C50H63N11O7/c1-31-24-35(19-23-60(31)34-15-16-39(44(26-34)66-7)55-47(63)40-11-8-10-37(54-40)38-17-20-52-57-38)67-30-45(62)56-46(50(2,3)4)49(65)61-22-9-12-42(61)48(64)51-27-33-14-13-32(41-18-21-53-59(41)6)25-43(33)68-36-28-58(5)29-36/h8,10-11,13-18,20-21,25-26,31,35-36,42,46H,9,12,19,22-24,27-30H2,1-7H3,(H,51,64)(H,52,57)(H,55,63)(H,56,62)/t31-,35-,42-,46+/m0/s1. The molecule has 8 rings (SSSR count). The number of nitrogens with one attached hydrogen (secondary N) is 4. The molecule has 68 heavy (non-hydrogen) atoms. The van der Waals surface area contributed by atoms with Crippen molar-refractivity contribution in [1.29, 1.82) is 0 Å². The normalized spacial score (nSPS) is 19.2. The van der Waals surface area contributed by atoms with Crippen LogP contribution in [0.5, 0.6) is 11.5 Å². The number of hydrogen-bond donors (Lipinski definition) is 4. The Hall–Kier alpha value is -6.79. The summed E-state index contributed by atoms with van der Waals surface area (Å²) in [5.74, 6) is -0.0856. The number of anilines is 2. The highest BCUT2D eigenvalue weighted by Gasteiger charge is 2.42. The van der Waals surface area contributed by atoms with Gasteiger partial charge in [-0.15, -0.1) is 0 Å². The molecule has 0 bridgehead atoms. The third-order valence-corrected chi connectivity index (χ3v) is 13.0. The van der Waals surface area contributed by atoms with Gasteiger partial charge in [-0.25, -0.2) is 4.98 Å². The Morgan fingerprint density at radius 3 is 2.46 bits per heavy atom. The van der Waals surface area contributed by atoms with Gasteiger partial charge in [-0.05, 0) is 87.5 Å². The first-order valence-electron chi connectivity index (χ1n) is 23.3. The Morgan fingerprint density at radius 2 is 1.75 bits per heavy atom. The van der Waals surface area contributed by atoms with Crippen molar-refractivity contribution in [2.75, 3.05) is 57.2 Å². The van der Waals surface area contributed by atoms with Crippen LogP contribution in [-0.4, -0.2) is 136 Å². The van der Waals surface area contributed by atoms with Crippen LogP contribution in [0.1, 0.15) is 69.4 Å². The summed E-state index contributed by atoms with van der Waals surface area (Å²) in [6.45, 7) is 10.6. The number of likely N-dealkylation sites (tertiary alicyclic amines) is 2. The van der Waals surface area contributed by atoms with Gasteiger partial charge in [0.2, 0.25) is 17.7 Å². The third kappa shape index (κ3) is 11.0. The summed E-state index contributed by atoms with van der Waals surface area (Å²) < 4.78 is 20.1. The van der Waals surface area contributed by atoms with Crippen LogP contribution in [0.25, 0.3) is 22.6 Å². The van der Waals surface area contributed by atoms with Gasteiger partial charge in [0.25, 0.3) is 5.91 Å². The van der Waals surface area contributed by atoms with Crippen molar-refractivity contribution in [1.82, 2.24) is 45.4 Å². The Labute approximate surface area is 397 Å². The number of methoxy groups -OCH3 is 1. The van der Waals surface area contributed by atoms with Gasteiger partial charge < -0.3 is 40.0 Å². The zero-order valence-corrected chi connectivity index (χ0v) is 40.0. The first-order chi connectivity index (χ1) is 32.6. The third-order valence-electron chi connectivity index (χ3n) is 13.0. The number of ether oxygens (including phenoxy) is 3. The SMILES string of the molecule is COc1cc(N2CC[C@H](OCC(=O)N[C@H](C(=O)N3CCC[C@H]3C(=O)NCc3ccc(-c4ccnn4C)cc3OC3CN(C)C3)C(C)(C)C)C[C@@H]2C)ccc1NC(=O)c1cccc(-c2ccn[nH]2)n1. The van der Waals surface area contributed by atoms with Crippen LogP contribution in [0.2, 0.25) is 0 Å². The van der Waals surface area contributed by atoms with Crippen LogP contribution in [0.3, 0.4) is 0 Å². The highest BCUT2D eigenvalue weighted by atomic mass is 16.5. The van der Waals surface area contributed by atoms with E-state index in [-0.39, 0.29) is 60.7 Å². The Bertz CT molecular complexity index is 2590. The number of aromatic amines is 1. The van der Waals surface area contributed by atoms with Gasteiger partial charge in [0.05, 0.1) is 36.0 Å². The number of rotatable bonds is 16. The first kappa shape index (κ1) is 47.7. The van der Waals surface area contributed by atoms with E-state index in [1.165, 1.54) is 0 Å². The van der Waals surface area contributed by atoms with Crippen molar-refractivity contribution in [3.63, 3.8) is 0 Å². The van der Waals surface area contributed by atoms with E-state index in [1.807, 2.05) is 82.0 Å². The average Bonchev–Trinajstić information content (AvgIpc) is 4.12. The van der Waals surface area contributed by atoms with E-state index in [0.29, 0.717) is 67.3 Å². The summed E-state index contributed by atoms with van der Waals surface area (Å²) in [7, 11) is 5.51. The van der Waals surface area contributed by atoms with Gasteiger partial charge in [0.1, 0.15) is 42.0 Å². The Morgan fingerprint density at radius 1 is 0.926 bits per heavy atom. The summed E-state index contributed by atoms with van der Waals surface area (Å²) in [4.78, 5) is 65.5. The maximum absolute atomic E-state index is 14.3. The fourth-order valence-electron chi connectivity index (χ4n) is 9.26. The van der Waals surface area contributed by atoms with Crippen molar-refractivity contribution >= 4 is 35.0 Å². The van der Waals surface area contributed by atoms with Crippen LogP contribution < -0.4 is 30.3 Å². The molecule has 18 heteroatoms. The average molecular weight is 930 g/mol. The van der Waals surface area contributed by atoms with Crippen LogP contribution in [-0.2, 0) is 32.7 Å². The molecule has 3 aliphatic heterocycles. The number of benzene rings is 2. The fourth-order valence-corrected chi connectivity index (χ4v) is 9.26. The van der Waals surface area contributed by atoms with Gasteiger partial charge in [0.15, 0.2) is 0 Å². The van der Waals surface area contributed by atoms with E-state index < -0.39 is 17.5 Å². The minimum absolute atomic E-state index is 0.0535. The molecule has 0 unspecified atom stereocenters. The maximum atomic E-state index is 14.3. The summed E-state index contributed by atoms with van der Waals surface area (Å²) in [6.07, 6.45) is 5.79. The minimum atomic E-state index is -0.876. The lowest BCUT2D eigenvalue weighted by molar-refractivity contribution is -0.145. The molecule has 4 atom stereocenters. The predicted octanol–water partition coefficient (Wildman–Crippen LogP) is 5.04. The number of aromatic nitrogens is 5. The molecule has 3 aromatic heterocycles. The van der Waals surface area contributed by atoms with Crippen LogP contribution in [0.4, 0.5) is 11.4 Å². The second-order valence-electron chi connectivity index (χ2n) is 19.1.